The Labute approximate surface area is 116 Å². The third kappa shape index (κ3) is 2.58. The molecule has 5 heteroatoms. The summed E-state index contributed by atoms with van der Waals surface area (Å²) >= 11 is 5.71. The van der Waals surface area contributed by atoms with Crippen molar-refractivity contribution in [2.45, 2.75) is 6.04 Å². The van der Waals surface area contributed by atoms with Crippen LogP contribution in [-0.2, 0) is 0 Å². The minimum Gasteiger partial charge on any atom is -0.319 e. The predicted molar refractivity (Wildman–Crippen MR) is 74.9 cm³/mol. The predicted octanol–water partition coefficient (Wildman–Crippen LogP) is 2.89. The molecule has 0 spiro atoms. The fraction of sp³-hybridized carbons (Fsp3) is 0.0909. The Hall–Kier alpha value is -0.530. The summed E-state index contributed by atoms with van der Waals surface area (Å²) in [6.07, 6.45) is 4.99. The molecule has 1 heterocycles. The van der Waals surface area contributed by atoms with E-state index in [0.717, 1.165) is 19.3 Å². The molecule has 3 nitrogen and oxygen atoms in total. The lowest BCUT2D eigenvalue weighted by atomic mass is 10.1. The second-order valence-electron chi connectivity index (χ2n) is 3.27. The largest absolute Gasteiger partial charge is 0.319 e. The number of hydrogen-bond donors (Lipinski definition) is 1. The molecule has 2 rings (SSSR count). The van der Waals surface area contributed by atoms with Gasteiger partial charge in [0.15, 0.2) is 0 Å². The molecular formula is C11H9BrIN3. The van der Waals surface area contributed by atoms with E-state index in [9.17, 15) is 0 Å². The number of nitrogens with two attached hydrogens (primary N) is 1. The zero-order valence-corrected chi connectivity index (χ0v) is 12.0. The molecule has 0 fully saturated rings. The second kappa shape index (κ2) is 5.20. The summed E-state index contributed by atoms with van der Waals surface area (Å²) in [6.45, 7) is 0. The van der Waals surface area contributed by atoms with Crippen LogP contribution in [0.15, 0.2) is 41.3 Å². The smallest absolute Gasteiger partial charge is 0.0799 e. The number of benzene rings is 1. The average molecular weight is 390 g/mol. The lowest BCUT2D eigenvalue weighted by Gasteiger charge is -2.13. The van der Waals surface area contributed by atoms with Crippen molar-refractivity contribution in [1.29, 1.82) is 0 Å². The lowest BCUT2D eigenvalue weighted by molar-refractivity contribution is 0.812. The zero-order valence-electron chi connectivity index (χ0n) is 8.27. The van der Waals surface area contributed by atoms with Crippen LogP contribution < -0.4 is 5.73 Å². The minimum atomic E-state index is -0.238. The van der Waals surface area contributed by atoms with Gasteiger partial charge >= 0.3 is 0 Å². The molecule has 0 aliphatic carbocycles. The summed E-state index contributed by atoms with van der Waals surface area (Å²) in [4.78, 5) is 8.25. The lowest BCUT2D eigenvalue weighted by Crippen LogP contribution is -2.15. The van der Waals surface area contributed by atoms with Crippen molar-refractivity contribution >= 4 is 38.5 Å². The topological polar surface area (TPSA) is 51.8 Å². The van der Waals surface area contributed by atoms with Crippen molar-refractivity contribution in [2.75, 3.05) is 0 Å². The van der Waals surface area contributed by atoms with Crippen LogP contribution in [0, 0.1) is 3.57 Å². The van der Waals surface area contributed by atoms with Crippen LogP contribution in [-0.4, -0.2) is 9.97 Å². The Bertz CT molecular complexity index is 490. The highest BCUT2D eigenvalue weighted by atomic mass is 127. The molecule has 1 aromatic heterocycles. The molecule has 0 amide bonds. The molecular weight excluding hydrogens is 381 g/mol. The first-order valence-corrected chi connectivity index (χ1v) is 6.52. The SMILES string of the molecule is NC(c1cnccn1)c1cc(Br)ccc1I. The highest BCUT2D eigenvalue weighted by Crippen LogP contribution is 2.25. The van der Waals surface area contributed by atoms with Crippen LogP contribution in [0.5, 0.6) is 0 Å². The summed E-state index contributed by atoms with van der Waals surface area (Å²) < 4.78 is 2.14. The summed E-state index contributed by atoms with van der Waals surface area (Å²) in [5.74, 6) is 0. The molecule has 1 aromatic carbocycles. The van der Waals surface area contributed by atoms with Gasteiger partial charge in [-0.3, -0.25) is 9.97 Å². The van der Waals surface area contributed by atoms with E-state index in [0.29, 0.717) is 0 Å². The molecule has 1 atom stereocenters. The average Bonchev–Trinajstić information content (AvgIpc) is 2.32. The van der Waals surface area contributed by atoms with Crippen LogP contribution in [0.2, 0.25) is 0 Å². The normalized spacial score (nSPS) is 12.4. The van der Waals surface area contributed by atoms with Gasteiger partial charge < -0.3 is 5.73 Å². The monoisotopic (exact) mass is 389 g/mol. The van der Waals surface area contributed by atoms with E-state index in [-0.39, 0.29) is 6.04 Å². The number of halogens is 2. The van der Waals surface area contributed by atoms with Gasteiger partial charge in [0, 0.05) is 20.4 Å². The third-order valence-corrected chi connectivity index (χ3v) is 3.67. The Morgan fingerprint density at radius 1 is 1.31 bits per heavy atom. The van der Waals surface area contributed by atoms with Crippen LogP contribution in [0.25, 0.3) is 0 Å². The van der Waals surface area contributed by atoms with Crippen molar-refractivity contribution in [1.82, 2.24) is 9.97 Å². The third-order valence-electron chi connectivity index (χ3n) is 2.19. The van der Waals surface area contributed by atoms with E-state index >= 15 is 0 Å². The van der Waals surface area contributed by atoms with Gasteiger partial charge in [0.05, 0.1) is 17.9 Å². The van der Waals surface area contributed by atoms with Crippen LogP contribution in [0.4, 0.5) is 0 Å². The summed E-state index contributed by atoms with van der Waals surface area (Å²) in [5.41, 5.74) is 7.99. The van der Waals surface area contributed by atoms with Crippen molar-refractivity contribution in [2.24, 2.45) is 5.73 Å². The standard InChI is InChI=1S/C11H9BrIN3/c12-7-1-2-9(13)8(5-7)11(14)10-6-15-3-4-16-10/h1-6,11H,14H2. The Morgan fingerprint density at radius 2 is 2.12 bits per heavy atom. The highest BCUT2D eigenvalue weighted by Gasteiger charge is 2.13. The van der Waals surface area contributed by atoms with E-state index in [1.54, 1.807) is 18.6 Å². The van der Waals surface area contributed by atoms with E-state index in [1.807, 2.05) is 18.2 Å². The molecule has 0 saturated heterocycles. The second-order valence-corrected chi connectivity index (χ2v) is 5.35. The molecule has 16 heavy (non-hydrogen) atoms. The van der Waals surface area contributed by atoms with Gasteiger partial charge in [0.2, 0.25) is 0 Å². The molecule has 0 bridgehead atoms. The van der Waals surface area contributed by atoms with Gasteiger partial charge in [-0.2, -0.15) is 0 Å². The van der Waals surface area contributed by atoms with E-state index < -0.39 is 0 Å². The summed E-state index contributed by atoms with van der Waals surface area (Å²) in [7, 11) is 0. The van der Waals surface area contributed by atoms with Gasteiger partial charge in [0.25, 0.3) is 0 Å². The molecule has 0 saturated carbocycles. The fourth-order valence-electron chi connectivity index (χ4n) is 1.38. The van der Waals surface area contributed by atoms with E-state index in [2.05, 4.69) is 48.5 Å². The first-order valence-electron chi connectivity index (χ1n) is 4.65. The number of aromatic nitrogens is 2. The van der Waals surface area contributed by atoms with Gasteiger partial charge in [-0.25, -0.2) is 0 Å². The molecule has 0 radical (unpaired) electrons. The number of nitrogens with zero attached hydrogens (tertiary/aromatic N) is 2. The molecule has 0 aliphatic heterocycles. The zero-order chi connectivity index (χ0) is 11.5. The first kappa shape index (κ1) is 11.9. The van der Waals surface area contributed by atoms with Crippen molar-refractivity contribution < 1.29 is 0 Å². The van der Waals surface area contributed by atoms with Crippen LogP contribution in [0.3, 0.4) is 0 Å². The van der Waals surface area contributed by atoms with Crippen molar-refractivity contribution in [3.63, 3.8) is 0 Å². The van der Waals surface area contributed by atoms with Crippen molar-refractivity contribution in [3.8, 4) is 0 Å². The van der Waals surface area contributed by atoms with E-state index in [4.69, 9.17) is 5.73 Å². The summed E-state index contributed by atoms with van der Waals surface area (Å²) in [6, 6.07) is 5.80. The van der Waals surface area contributed by atoms with Crippen LogP contribution in [0.1, 0.15) is 17.3 Å². The molecule has 0 aliphatic rings. The Kier molecular flexibility index (Phi) is 3.88. The first-order chi connectivity index (χ1) is 7.68. The molecule has 1 unspecified atom stereocenters. The fourth-order valence-corrected chi connectivity index (χ4v) is 2.43. The van der Waals surface area contributed by atoms with E-state index in [1.165, 1.54) is 0 Å². The van der Waals surface area contributed by atoms with Crippen LogP contribution >= 0.6 is 38.5 Å². The maximum absolute atomic E-state index is 6.16. The molecule has 82 valence electrons. The number of hydrogen-bond acceptors (Lipinski definition) is 3. The minimum absolute atomic E-state index is 0.238. The quantitative estimate of drug-likeness (QED) is 0.803. The molecule has 2 aromatic rings. The van der Waals surface area contributed by atoms with Gasteiger partial charge in [-0.1, -0.05) is 15.9 Å². The highest BCUT2D eigenvalue weighted by molar-refractivity contribution is 14.1. The van der Waals surface area contributed by atoms with Gasteiger partial charge in [-0.15, -0.1) is 0 Å². The molecule has 2 N–H and O–H groups in total. The van der Waals surface area contributed by atoms with Gasteiger partial charge in [0.1, 0.15) is 0 Å². The van der Waals surface area contributed by atoms with Crippen molar-refractivity contribution in [3.05, 3.63) is 56.1 Å². The maximum Gasteiger partial charge on any atom is 0.0799 e. The summed E-state index contributed by atoms with van der Waals surface area (Å²) in [5, 5.41) is 0. The van der Waals surface area contributed by atoms with Gasteiger partial charge in [-0.05, 0) is 46.4 Å². The number of rotatable bonds is 2. The Balaban J connectivity index is 2.41. The Morgan fingerprint density at radius 3 is 2.81 bits per heavy atom. The maximum atomic E-state index is 6.16.